The largest absolute Gasteiger partial charge is 0.274 e. The molecule has 112 valence electrons. The lowest BCUT2D eigenvalue weighted by atomic mass is 10.1. The van der Waals surface area contributed by atoms with Crippen molar-refractivity contribution < 1.29 is 13.8 Å². The van der Waals surface area contributed by atoms with Gasteiger partial charge in [0.2, 0.25) is 0 Å². The monoisotopic (exact) mass is 306 g/mol. The molecule has 2 amide bonds. The minimum absolute atomic E-state index is 0.247. The van der Waals surface area contributed by atoms with Gasteiger partial charge in [0.15, 0.2) is 0 Å². The first-order chi connectivity index (χ1) is 9.82. The van der Waals surface area contributed by atoms with Gasteiger partial charge >= 0.3 is 0 Å². The van der Waals surface area contributed by atoms with Crippen LogP contribution in [-0.2, 0) is 11.0 Å². The van der Waals surface area contributed by atoms with Crippen molar-refractivity contribution in [2.24, 2.45) is 4.40 Å². The molecule has 1 aliphatic rings. The Labute approximate surface area is 126 Å². The summed E-state index contributed by atoms with van der Waals surface area (Å²) in [5, 5.41) is 0. The molecular formula is C15H18N2O3S. The fourth-order valence-electron chi connectivity index (χ4n) is 1.91. The van der Waals surface area contributed by atoms with E-state index in [9.17, 15) is 13.8 Å². The summed E-state index contributed by atoms with van der Waals surface area (Å²) in [6.07, 6.45) is 1.91. The molecule has 5 nitrogen and oxygen atoms in total. The molecule has 0 bridgehead atoms. The smallest absolute Gasteiger partial charge is 0.261 e. The van der Waals surface area contributed by atoms with Gasteiger partial charge in [0.1, 0.15) is 11.0 Å². The number of carbonyl (C=O) groups excluding carboxylic acids is 2. The quantitative estimate of drug-likeness (QED) is 0.632. The van der Waals surface area contributed by atoms with Crippen molar-refractivity contribution in [1.29, 1.82) is 0 Å². The van der Waals surface area contributed by atoms with Gasteiger partial charge in [-0.15, -0.1) is 0 Å². The SMILES string of the molecule is CC(C)(C)S(=O)/N=C/CCN1C(=O)c2ccccc2C1=O. The van der Waals surface area contributed by atoms with Crippen molar-refractivity contribution >= 4 is 29.0 Å². The zero-order valence-electron chi connectivity index (χ0n) is 12.3. The van der Waals surface area contributed by atoms with Gasteiger partial charge in [0.25, 0.3) is 11.8 Å². The Morgan fingerprint density at radius 1 is 1.14 bits per heavy atom. The second kappa shape index (κ2) is 5.89. The van der Waals surface area contributed by atoms with Crippen molar-refractivity contribution in [2.45, 2.75) is 31.9 Å². The fraction of sp³-hybridized carbons (Fsp3) is 0.400. The third kappa shape index (κ3) is 3.26. The molecule has 0 fully saturated rings. The number of hydrogen-bond acceptors (Lipinski definition) is 3. The lowest BCUT2D eigenvalue weighted by molar-refractivity contribution is 0.0659. The normalized spacial score (nSPS) is 16.6. The van der Waals surface area contributed by atoms with Gasteiger partial charge in [-0.05, 0) is 32.9 Å². The van der Waals surface area contributed by atoms with Crippen LogP contribution in [0.4, 0.5) is 0 Å². The maximum Gasteiger partial charge on any atom is 0.261 e. The third-order valence-electron chi connectivity index (χ3n) is 3.05. The maximum absolute atomic E-state index is 12.1. The van der Waals surface area contributed by atoms with Crippen LogP contribution in [0.3, 0.4) is 0 Å². The number of rotatable bonds is 4. The average molecular weight is 306 g/mol. The molecule has 0 aliphatic carbocycles. The number of carbonyl (C=O) groups is 2. The van der Waals surface area contributed by atoms with Gasteiger partial charge in [-0.25, -0.2) is 4.21 Å². The molecule has 1 heterocycles. The summed E-state index contributed by atoms with van der Waals surface area (Å²) >= 11 is 0. The Balaban J connectivity index is 1.97. The summed E-state index contributed by atoms with van der Waals surface area (Å²) < 4.78 is 15.3. The molecule has 0 radical (unpaired) electrons. The van der Waals surface area contributed by atoms with E-state index in [0.29, 0.717) is 17.5 Å². The van der Waals surface area contributed by atoms with Crippen molar-refractivity contribution in [3.05, 3.63) is 35.4 Å². The maximum atomic E-state index is 12.1. The summed E-state index contributed by atoms with van der Waals surface area (Å²) in [4.78, 5) is 25.4. The van der Waals surface area contributed by atoms with Gasteiger partial charge in [-0.3, -0.25) is 14.5 Å². The van der Waals surface area contributed by atoms with Crippen molar-refractivity contribution in [1.82, 2.24) is 4.90 Å². The molecule has 1 unspecified atom stereocenters. The van der Waals surface area contributed by atoms with E-state index in [4.69, 9.17) is 0 Å². The third-order valence-corrected chi connectivity index (χ3v) is 4.44. The Morgan fingerprint density at radius 3 is 2.14 bits per heavy atom. The Kier molecular flexibility index (Phi) is 4.37. The molecule has 0 N–H and O–H groups in total. The van der Waals surface area contributed by atoms with E-state index in [1.54, 1.807) is 24.3 Å². The molecule has 21 heavy (non-hydrogen) atoms. The molecule has 0 saturated carbocycles. The van der Waals surface area contributed by atoms with E-state index in [-0.39, 0.29) is 18.4 Å². The van der Waals surface area contributed by atoms with Gasteiger partial charge in [0.05, 0.1) is 15.9 Å². The number of nitrogens with zero attached hydrogens (tertiary/aromatic N) is 2. The van der Waals surface area contributed by atoms with E-state index < -0.39 is 15.7 Å². The highest BCUT2D eigenvalue weighted by Gasteiger charge is 2.34. The molecule has 1 aromatic carbocycles. The van der Waals surface area contributed by atoms with Crippen LogP contribution in [0.5, 0.6) is 0 Å². The summed E-state index contributed by atoms with van der Waals surface area (Å²) in [5.74, 6) is -0.554. The van der Waals surface area contributed by atoms with Crippen LogP contribution >= 0.6 is 0 Å². The molecule has 0 aromatic heterocycles. The molecule has 0 saturated heterocycles. The molecule has 6 heteroatoms. The number of hydrogen-bond donors (Lipinski definition) is 0. The average Bonchev–Trinajstić information content (AvgIpc) is 2.67. The minimum atomic E-state index is -1.32. The van der Waals surface area contributed by atoms with Crippen LogP contribution in [0.15, 0.2) is 28.7 Å². The summed E-state index contributed by atoms with van der Waals surface area (Å²) in [5.41, 5.74) is 0.885. The van der Waals surface area contributed by atoms with Crippen molar-refractivity contribution in [3.63, 3.8) is 0 Å². The number of imide groups is 1. The van der Waals surface area contributed by atoms with E-state index >= 15 is 0 Å². The van der Waals surface area contributed by atoms with Crippen LogP contribution in [-0.4, -0.2) is 38.4 Å². The second-order valence-electron chi connectivity index (χ2n) is 5.75. The number of fused-ring (bicyclic) bond motifs is 1. The molecule has 2 rings (SSSR count). The van der Waals surface area contributed by atoms with Crippen LogP contribution in [0, 0.1) is 0 Å². The highest BCUT2D eigenvalue weighted by atomic mass is 32.2. The lowest BCUT2D eigenvalue weighted by Gasteiger charge is -2.13. The van der Waals surface area contributed by atoms with Crippen LogP contribution in [0.25, 0.3) is 0 Å². The van der Waals surface area contributed by atoms with E-state index in [2.05, 4.69) is 4.40 Å². The van der Waals surface area contributed by atoms with Crippen LogP contribution in [0.2, 0.25) is 0 Å². The molecule has 1 atom stereocenters. The first-order valence-corrected chi connectivity index (χ1v) is 7.83. The topological polar surface area (TPSA) is 66.8 Å². The lowest BCUT2D eigenvalue weighted by Crippen LogP contribution is -2.31. The second-order valence-corrected chi connectivity index (χ2v) is 7.68. The number of benzene rings is 1. The van der Waals surface area contributed by atoms with Crippen molar-refractivity contribution in [3.8, 4) is 0 Å². The Hall–Kier alpha value is -1.82. The van der Waals surface area contributed by atoms with E-state index in [0.717, 1.165) is 0 Å². The molecule has 1 aromatic rings. The molecule has 1 aliphatic heterocycles. The Morgan fingerprint density at radius 2 is 1.67 bits per heavy atom. The number of amides is 2. The van der Waals surface area contributed by atoms with Gasteiger partial charge in [-0.1, -0.05) is 12.1 Å². The minimum Gasteiger partial charge on any atom is -0.274 e. The summed E-state index contributed by atoms with van der Waals surface area (Å²) in [6, 6.07) is 6.78. The Bertz CT molecular complexity index is 597. The predicted molar refractivity (Wildman–Crippen MR) is 82.8 cm³/mol. The van der Waals surface area contributed by atoms with Gasteiger partial charge in [-0.2, -0.15) is 4.40 Å². The predicted octanol–water partition coefficient (Wildman–Crippen LogP) is 2.21. The van der Waals surface area contributed by atoms with Gasteiger partial charge < -0.3 is 0 Å². The van der Waals surface area contributed by atoms with Crippen LogP contribution < -0.4 is 0 Å². The highest BCUT2D eigenvalue weighted by molar-refractivity contribution is 7.85. The zero-order chi connectivity index (χ0) is 15.6. The molecule has 0 spiro atoms. The fourth-order valence-corrected chi connectivity index (χ4v) is 2.46. The van der Waals surface area contributed by atoms with Crippen LogP contribution in [0.1, 0.15) is 47.9 Å². The van der Waals surface area contributed by atoms with Gasteiger partial charge in [0, 0.05) is 19.2 Å². The summed E-state index contributed by atoms with van der Waals surface area (Å²) in [6.45, 7) is 5.76. The van der Waals surface area contributed by atoms with E-state index in [1.165, 1.54) is 11.1 Å². The highest BCUT2D eigenvalue weighted by Crippen LogP contribution is 2.22. The molecular weight excluding hydrogens is 288 g/mol. The van der Waals surface area contributed by atoms with Crippen molar-refractivity contribution in [2.75, 3.05) is 6.54 Å². The first kappa shape index (κ1) is 15.6. The van der Waals surface area contributed by atoms with E-state index in [1.807, 2.05) is 20.8 Å². The zero-order valence-corrected chi connectivity index (χ0v) is 13.1. The standard InChI is InChI=1S/C15H18N2O3S/c1-15(2,3)21(20)16-9-6-10-17-13(18)11-7-4-5-8-12(11)14(17)19/h4-5,7-9H,6,10H2,1-3H3/b16-9+. The summed E-state index contributed by atoms with van der Waals surface area (Å²) in [7, 11) is -1.32. The first-order valence-electron chi connectivity index (χ1n) is 6.72.